The largest absolute Gasteiger partial charge is 0.507 e. The Bertz CT molecular complexity index is 481. The molecule has 1 aromatic rings. The normalized spacial score (nSPS) is 11.9. The van der Waals surface area contributed by atoms with Gasteiger partial charge in [-0.1, -0.05) is 11.6 Å². The van der Waals surface area contributed by atoms with Gasteiger partial charge < -0.3 is 15.5 Å². The standard InChI is InChI=1S/C12H14ClNO4S/c1-19-5-4-9(12(17)18)14-11(16)8-6-7(13)2-3-10(8)15/h2-3,6,9,15H,4-5H2,1H3,(H,14,16)(H,17,18). The number of phenols is 1. The lowest BCUT2D eigenvalue weighted by atomic mass is 10.1. The van der Waals surface area contributed by atoms with E-state index in [9.17, 15) is 14.7 Å². The van der Waals surface area contributed by atoms with Crippen LogP contribution < -0.4 is 5.32 Å². The van der Waals surface area contributed by atoms with Crippen molar-refractivity contribution in [3.63, 3.8) is 0 Å². The summed E-state index contributed by atoms with van der Waals surface area (Å²) in [6, 6.07) is 3.03. The number of carboxylic acid groups (broad SMARTS) is 1. The first-order valence-corrected chi connectivity index (χ1v) is 7.24. The summed E-state index contributed by atoms with van der Waals surface area (Å²) in [6.07, 6.45) is 2.16. The molecule has 1 aromatic carbocycles. The van der Waals surface area contributed by atoms with E-state index in [1.807, 2.05) is 6.26 Å². The number of hydrogen-bond acceptors (Lipinski definition) is 4. The molecule has 1 amide bonds. The first kappa shape index (κ1) is 15.7. The second-order valence-electron chi connectivity index (χ2n) is 3.81. The van der Waals surface area contributed by atoms with Crippen molar-refractivity contribution < 1.29 is 19.8 Å². The molecule has 0 radical (unpaired) electrons. The first-order valence-electron chi connectivity index (χ1n) is 5.46. The van der Waals surface area contributed by atoms with E-state index in [0.29, 0.717) is 17.2 Å². The Labute approximate surface area is 120 Å². The lowest BCUT2D eigenvalue weighted by molar-refractivity contribution is -0.139. The Balaban J connectivity index is 2.81. The molecule has 1 rings (SSSR count). The number of aliphatic carboxylic acids is 1. The Morgan fingerprint density at radius 1 is 1.47 bits per heavy atom. The molecule has 0 aromatic heterocycles. The van der Waals surface area contributed by atoms with E-state index < -0.39 is 17.9 Å². The number of phenolic OH excluding ortho intramolecular Hbond substituents is 1. The number of carbonyl (C=O) groups excluding carboxylic acids is 1. The number of nitrogens with one attached hydrogen (secondary N) is 1. The number of carbonyl (C=O) groups is 2. The highest BCUT2D eigenvalue weighted by atomic mass is 35.5. The number of aromatic hydroxyl groups is 1. The Kier molecular flexibility index (Phi) is 5.98. The summed E-state index contributed by atoms with van der Waals surface area (Å²) in [5.74, 6) is -1.40. The van der Waals surface area contributed by atoms with Crippen molar-refractivity contribution in [2.75, 3.05) is 12.0 Å². The number of benzene rings is 1. The van der Waals surface area contributed by atoms with E-state index >= 15 is 0 Å². The minimum atomic E-state index is -1.11. The summed E-state index contributed by atoms with van der Waals surface area (Å²) in [5.41, 5.74) is -0.0390. The predicted octanol–water partition coefficient (Wildman–Crippen LogP) is 1.98. The van der Waals surface area contributed by atoms with Gasteiger partial charge in [0.25, 0.3) is 5.91 Å². The summed E-state index contributed by atoms with van der Waals surface area (Å²) >= 11 is 7.22. The summed E-state index contributed by atoms with van der Waals surface area (Å²) in [5, 5.41) is 21.2. The molecular formula is C12H14ClNO4S. The van der Waals surface area contributed by atoms with Crippen LogP contribution in [0, 0.1) is 0 Å². The molecule has 3 N–H and O–H groups in total. The van der Waals surface area contributed by atoms with Gasteiger partial charge >= 0.3 is 5.97 Å². The van der Waals surface area contributed by atoms with Crippen LogP contribution in [-0.2, 0) is 4.79 Å². The van der Waals surface area contributed by atoms with Crippen LogP contribution >= 0.6 is 23.4 Å². The Hall–Kier alpha value is -1.40. The maximum absolute atomic E-state index is 11.9. The Morgan fingerprint density at radius 3 is 2.74 bits per heavy atom. The van der Waals surface area contributed by atoms with Crippen molar-refractivity contribution >= 4 is 35.2 Å². The van der Waals surface area contributed by atoms with E-state index in [0.717, 1.165) is 0 Å². The molecule has 0 heterocycles. The minimum absolute atomic E-state index is 0.0390. The van der Waals surface area contributed by atoms with Gasteiger partial charge in [0.1, 0.15) is 11.8 Å². The fourth-order valence-corrected chi connectivity index (χ4v) is 2.06. The van der Waals surface area contributed by atoms with Gasteiger partial charge in [-0.05, 0) is 36.6 Å². The smallest absolute Gasteiger partial charge is 0.326 e. The van der Waals surface area contributed by atoms with Crippen LogP contribution in [0.5, 0.6) is 5.75 Å². The number of amides is 1. The zero-order valence-electron chi connectivity index (χ0n) is 10.2. The monoisotopic (exact) mass is 303 g/mol. The van der Waals surface area contributed by atoms with Gasteiger partial charge in [0.2, 0.25) is 0 Å². The highest BCUT2D eigenvalue weighted by molar-refractivity contribution is 7.98. The summed E-state index contributed by atoms with van der Waals surface area (Å²) in [4.78, 5) is 22.9. The van der Waals surface area contributed by atoms with Crippen molar-refractivity contribution in [2.45, 2.75) is 12.5 Å². The van der Waals surface area contributed by atoms with Gasteiger partial charge in [-0.15, -0.1) is 0 Å². The molecule has 0 aliphatic rings. The number of thioether (sulfide) groups is 1. The van der Waals surface area contributed by atoms with E-state index in [-0.39, 0.29) is 11.3 Å². The molecule has 19 heavy (non-hydrogen) atoms. The molecule has 0 aliphatic carbocycles. The van der Waals surface area contributed by atoms with Crippen LogP contribution in [0.2, 0.25) is 5.02 Å². The molecular weight excluding hydrogens is 290 g/mol. The van der Waals surface area contributed by atoms with E-state index in [1.54, 1.807) is 0 Å². The maximum atomic E-state index is 11.9. The van der Waals surface area contributed by atoms with E-state index in [2.05, 4.69) is 5.32 Å². The molecule has 0 saturated heterocycles. The quantitative estimate of drug-likeness (QED) is 0.748. The number of carboxylic acids is 1. The summed E-state index contributed by atoms with van der Waals surface area (Å²) in [6.45, 7) is 0. The van der Waals surface area contributed by atoms with E-state index in [1.165, 1.54) is 30.0 Å². The van der Waals surface area contributed by atoms with Crippen LogP contribution in [0.4, 0.5) is 0 Å². The fraction of sp³-hybridized carbons (Fsp3) is 0.333. The topological polar surface area (TPSA) is 86.6 Å². The summed E-state index contributed by atoms with van der Waals surface area (Å²) < 4.78 is 0. The molecule has 0 aliphatic heterocycles. The van der Waals surface area contributed by atoms with E-state index in [4.69, 9.17) is 16.7 Å². The Morgan fingerprint density at radius 2 is 2.16 bits per heavy atom. The third kappa shape index (κ3) is 4.65. The number of halogens is 1. The zero-order chi connectivity index (χ0) is 14.4. The van der Waals surface area contributed by atoms with Crippen LogP contribution in [0.3, 0.4) is 0 Å². The van der Waals surface area contributed by atoms with Gasteiger partial charge in [-0.2, -0.15) is 11.8 Å². The van der Waals surface area contributed by atoms with Gasteiger partial charge in [-0.25, -0.2) is 4.79 Å². The van der Waals surface area contributed by atoms with Crippen molar-refractivity contribution in [2.24, 2.45) is 0 Å². The average molecular weight is 304 g/mol. The second kappa shape index (κ2) is 7.25. The molecule has 0 saturated carbocycles. The number of hydrogen-bond donors (Lipinski definition) is 3. The highest BCUT2D eigenvalue weighted by Gasteiger charge is 2.21. The highest BCUT2D eigenvalue weighted by Crippen LogP contribution is 2.21. The van der Waals surface area contributed by atoms with Gasteiger partial charge in [0, 0.05) is 5.02 Å². The first-order chi connectivity index (χ1) is 8.95. The van der Waals surface area contributed by atoms with Crippen molar-refractivity contribution in [3.05, 3.63) is 28.8 Å². The lowest BCUT2D eigenvalue weighted by Crippen LogP contribution is -2.41. The van der Waals surface area contributed by atoms with Crippen molar-refractivity contribution in [3.8, 4) is 5.75 Å². The fourth-order valence-electron chi connectivity index (χ4n) is 1.42. The third-order valence-corrected chi connectivity index (χ3v) is 3.30. The van der Waals surface area contributed by atoms with Crippen LogP contribution in [0.1, 0.15) is 16.8 Å². The molecule has 1 atom stereocenters. The van der Waals surface area contributed by atoms with Gasteiger partial charge in [0.05, 0.1) is 5.56 Å². The average Bonchev–Trinajstić information content (AvgIpc) is 2.36. The molecule has 1 unspecified atom stereocenters. The minimum Gasteiger partial charge on any atom is -0.507 e. The third-order valence-electron chi connectivity index (χ3n) is 2.42. The number of rotatable bonds is 6. The van der Waals surface area contributed by atoms with Gasteiger partial charge in [0.15, 0.2) is 0 Å². The predicted molar refractivity (Wildman–Crippen MR) is 75.0 cm³/mol. The van der Waals surface area contributed by atoms with Gasteiger partial charge in [-0.3, -0.25) is 4.79 Å². The second-order valence-corrected chi connectivity index (χ2v) is 5.23. The molecule has 0 spiro atoms. The maximum Gasteiger partial charge on any atom is 0.326 e. The van der Waals surface area contributed by atoms with Crippen LogP contribution in [0.15, 0.2) is 18.2 Å². The zero-order valence-corrected chi connectivity index (χ0v) is 11.8. The van der Waals surface area contributed by atoms with Crippen LogP contribution in [-0.4, -0.2) is 40.1 Å². The molecule has 104 valence electrons. The SMILES string of the molecule is CSCCC(NC(=O)c1cc(Cl)ccc1O)C(=O)O. The summed E-state index contributed by atoms with van der Waals surface area (Å²) in [7, 11) is 0. The van der Waals surface area contributed by atoms with Crippen molar-refractivity contribution in [1.82, 2.24) is 5.32 Å². The molecule has 5 nitrogen and oxygen atoms in total. The lowest BCUT2D eigenvalue weighted by Gasteiger charge is -2.14. The van der Waals surface area contributed by atoms with Crippen molar-refractivity contribution in [1.29, 1.82) is 0 Å². The van der Waals surface area contributed by atoms with Crippen LogP contribution in [0.25, 0.3) is 0 Å². The molecule has 7 heteroatoms. The molecule has 0 bridgehead atoms. The molecule has 0 fully saturated rings.